The van der Waals surface area contributed by atoms with Crippen LogP contribution in [0.4, 0.5) is 16.6 Å². The van der Waals surface area contributed by atoms with Gasteiger partial charge < -0.3 is 9.80 Å². The van der Waals surface area contributed by atoms with Crippen molar-refractivity contribution in [1.29, 1.82) is 0 Å². The molecule has 3 rings (SSSR count). The Morgan fingerprint density at radius 3 is 2.83 bits per heavy atom. The average Bonchev–Trinajstić information content (AvgIpc) is 2.96. The van der Waals surface area contributed by atoms with Crippen LogP contribution in [-0.4, -0.2) is 35.0 Å². The van der Waals surface area contributed by atoms with Gasteiger partial charge in [0.15, 0.2) is 0 Å². The van der Waals surface area contributed by atoms with E-state index < -0.39 is 0 Å². The van der Waals surface area contributed by atoms with Crippen LogP contribution >= 0.6 is 15.9 Å². The number of halogens is 1. The van der Waals surface area contributed by atoms with Crippen molar-refractivity contribution in [1.82, 2.24) is 14.9 Å². The number of benzene rings is 1. The Labute approximate surface area is 143 Å². The van der Waals surface area contributed by atoms with Gasteiger partial charge in [0.2, 0.25) is 5.95 Å². The number of hydrogen-bond donors (Lipinski definition) is 1. The van der Waals surface area contributed by atoms with Crippen LogP contribution in [0.1, 0.15) is 16.7 Å². The van der Waals surface area contributed by atoms with Crippen molar-refractivity contribution in [2.45, 2.75) is 20.0 Å². The highest BCUT2D eigenvalue weighted by Gasteiger charge is 2.26. The van der Waals surface area contributed by atoms with Crippen LogP contribution in [-0.2, 0) is 13.1 Å². The number of anilines is 2. The molecule has 1 aliphatic rings. The fraction of sp³-hybridized carbons (Fsp3) is 0.312. The summed E-state index contributed by atoms with van der Waals surface area (Å²) >= 11 is 3.61. The van der Waals surface area contributed by atoms with E-state index in [1.807, 2.05) is 25.9 Å². The number of nitrogens with zero attached hydrogens (tertiary/aromatic N) is 4. The number of rotatable bonds is 2. The van der Waals surface area contributed by atoms with Crippen LogP contribution in [0.5, 0.6) is 0 Å². The number of nitrogens with one attached hydrogen (secondary N) is 1. The fourth-order valence-corrected chi connectivity index (χ4v) is 3.04. The van der Waals surface area contributed by atoms with E-state index in [2.05, 4.69) is 43.3 Å². The van der Waals surface area contributed by atoms with Crippen molar-refractivity contribution in [2.24, 2.45) is 0 Å². The lowest BCUT2D eigenvalue weighted by Crippen LogP contribution is -2.31. The Morgan fingerprint density at radius 1 is 1.30 bits per heavy atom. The molecule has 0 radical (unpaired) electrons. The summed E-state index contributed by atoms with van der Waals surface area (Å²) < 4.78 is 1.08. The molecule has 1 aromatic carbocycles. The summed E-state index contributed by atoms with van der Waals surface area (Å²) in [7, 11) is 3.79. The minimum absolute atomic E-state index is 0.193. The highest BCUT2D eigenvalue weighted by Crippen LogP contribution is 2.32. The molecule has 7 heteroatoms. The summed E-state index contributed by atoms with van der Waals surface area (Å²) in [6.07, 6.45) is 1.64. The zero-order valence-corrected chi connectivity index (χ0v) is 14.9. The van der Waals surface area contributed by atoms with Crippen LogP contribution in [0.25, 0.3) is 0 Å². The van der Waals surface area contributed by atoms with Crippen LogP contribution in [0.2, 0.25) is 0 Å². The second-order valence-electron chi connectivity index (χ2n) is 5.75. The SMILES string of the molecule is Cc1ccc2c(c1Br)CN(C(=O)Nc1nccc(N(C)C)n1)C2. The highest BCUT2D eigenvalue weighted by atomic mass is 79.9. The van der Waals surface area contributed by atoms with E-state index in [-0.39, 0.29) is 6.03 Å². The quantitative estimate of drug-likeness (QED) is 0.875. The normalized spacial score (nSPS) is 13.0. The first kappa shape index (κ1) is 15.7. The van der Waals surface area contributed by atoms with Crippen LogP contribution < -0.4 is 10.2 Å². The Bertz CT molecular complexity index is 762. The van der Waals surface area contributed by atoms with Crippen LogP contribution in [0.15, 0.2) is 28.9 Å². The largest absolute Gasteiger partial charge is 0.363 e. The zero-order chi connectivity index (χ0) is 16.6. The summed E-state index contributed by atoms with van der Waals surface area (Å²) in [4.78, 5) is 24.5. The second kappa shape index (κ2) is 6.16. The molecule has 6 nitrogen and oxygen atoms in total. The Balaban J connectivity index is 1.73. The molecule has 2 aromatic rings. The van der Waals surface area contributed by atoms with Gasteiger partial charge in [-0.15, -0.1) is 0 Å². The van der Waals surface area contributed by atoms with Crippen molar-refractivity contribution in [3.8, 4) is 0 Å². The summed E-state index contributed by atoms with van der Waals surface area (Å²) in [5, 5.41) is 2.77. The van der Waals surface area contributed by atoms with E-state index in [4.69, 9.17) is 0 Å². The van der Waals surface area contributed by atoms with Gasteiger partial charge in [0.1, 0.15) is 5.82 Å². The lowest BCUT2D eigenvalue weighted by molar-refractivity contribution is 0.212. The lowest BCUT2D eigenvalue weighted by Gasteiger charge is -2.16. The number of aryl methyl sites for hydroxylation is 1. The van der Waals surface area contributed by atoms with Gasteiger partial charge in [-0.2, -0.15) is 4.98 Å². The molecule has 0 spiro atoms. The fourth-order valence-electron chi connectivity index (χ4n) is 2.53. The smallest absolute Gasteiger partial charge is 0.324 e. The molecule has 0 saturated carbocycles. The predicted octanol–water partition coefficient (Wildman–Crippen LogP) is 3.16. The third-order valence-corrected chi connectivity index (χ3v) is 4.95. The van der Waals surface area contributed by atoms with E-state index in [9.17, 15) is 4.79 Å². The Kier molecular flexibility index (Phi) is 4.21. The molecular formula is C16H18BrN5O. The third-order valence-electron chi connectivity index (χ3n) is 3.85. The van der Waals surface area contributed by atoms with Gasteiger partial charge in [-0.3, -0.25) is 5.32 Å². The maximum atomic E-state index is 12.5. The predicted molar refractivity (Wildman–Crippen MR) is 93.5 cm³/mol. The highest BCUT2D eigenvalue weighted by molar-refractivity contribution is 9.10. The first-order valence-corrected chi connectivity index (χ1v) is 8.08. The van der Waals surface area contributed by atoms with Crippen LogP contribution in [0.3, 0.4) is 0 Å². The van der Waals surface area contributed by atoms with Crippen molar-refractivity contribution in [3.63, 3.8) is 0 Å². The molecule has 2 heterocycles. The molecule has 120 valence electrons. The maximum Gasteiger partial charge on any atom is 0.324 e. The number of urea groups is 1. The standard InChI is InChI=1S/C16H18BrN5O/c1-10-4-5-11-8-22(9-12(11)14(10)17)16(23)20-15-18-7-6-13(19-15)21(2)3/h4-7H,8-9H2,1-3H3,(H,18,19,20,23). The van der Waals surface area contributed by atoms with Crippen molar-refractivity contribution in [3.05, 3.63) is 45.6 Å². The summed E-state index contributed by atoms with van der Waals surface area (Å²) in [5.41, 5.74) is 3.51. The topological polar surface area (TPSA) is 61.4 Å². The molecule has 0 aliphatic carbocycles. The van der Waals surface area contributed by atoms with Gasteiger partial charge in [-0.1, -0.05) is 28.1 Å². The van der Waals surface area contributed by atoms with Crippen molar-refractivity contribution < 1.29 is 4.79 Å². The third kappa shape index (κ3) is 3.14. The zero-order valence-electron chi connectivity index (χ0n) is 13.3. The van der Waals surface area contributed by atoms with E-state index >= 15 is 0 Å². The first-order chi connectivity index (χ1) is 11.0. The van der Waals surface area contributed by atoms with E-state index in [0.29, 0.717) is 19.0 Å². The van der Waals surface area contributed by atoms with Crippen molar-refractivity contribution >= 4 is 33.7 Å². The first-order valence-electron chi connectivity index (χ1n) is 7.29. The molecule has 1 aromatic heterocycles. The maximum absolute atomic E-state index is 12.5. The number of aromatic nitrogens is 2. The number of carbonyl (C=O) groups is 1. The molecular weight excluding hydrogens is 358 g/mol. The van der Waals surface area contributed by atoms with Crippen LogP contribution in [0, 0.1) is 6.92 Å². The molecule has 0 fully saturated rings. The number of amides is 2. The Hall–Kier alpha value is -2.15. The van der Waals surface area contributed by atoms with Gasteiger partial charge in [-0.05, 0) is 29.7 Å². The van der Waals surface area contributed by atoms with Gasteiger partial charge in [-0.25, -0.2) is 9.78 Å². The molecule has 1 aliphatic heterocycles. The molecule has 1 N–H and O–H groups in total. The number of fused-ring (bicyclic) bond motifs is 1. The van der Waals surface area contributed by atoms with Gasteiger partial charge >= 0.3 is 6.03 Å². The van der Waals surface area contributed by atoms with E-state index in [0.717, 1.165) is 10.3 Å². The van der Waals surface area contributed by atoms with E-state index in [1.54, 1.807) is 17.2 Å². The minimum Gasteiger partial charge on any atom is -0.363 e. The summed E-state index contributed by atoms with van der Waals surface area (Å²) in [6, 6.07) is 5.74. The Morgan fingerprint density at radius 2 is 2.09 bits per heavy atom. The summed E-state index contributed by atoms with van der Waals surface area (Å²) in [6.45, 7) is 3.22. The van der Waals surface area contributed by atoms with Gasteiger partial charge in [0.25, 0.3) is 0 Å². The average molecular weight is 376 g/mol. The minimum atomic E-state index is -0.193. The molecule has 0 unspecified atom stereocenters. The molecule has 2 amide bonds. The number of carbonyl (C=O) groups excluding carboxylic acids is 1. The van der Waals surface area contributed by atoms with Gasteiger partial charge in [0, 0.05) is 37.9 Å². The molecule has 0 saturated heterocycles. The monoisotopic (exact) mass is 375 g/mol. The van der Waals surface area contributed by atoms with E-state index in [1.165, 1.54) is 16.7 Å². The second-order valence-corrected chi connectivity index (χ2v) is 6.55. The molecule has 0 bridgehead atoms. The van der Waals surface area contributed by atoms with Crippen molar-refractivity contribution in [2.75, 3.05) is 24.3 Å². The van der Waals surface area contributed by atoms with Gasteiger partial charge in [0.05, 0.1) is 0 Å². The number of hydrogen-bond acceptors (Lipinski definition) is 4. The summed E-state index contributed by atoms with van der Waals surface area (Å²) in [5.74, 6) is 1.06. The molecule has 23 heavy (non-hydrogen) atoms. The molecule has 0 atom stereocenters. The lowest BCUT2D eigenvalue weighted by atomic mass is 10.1.